The molecule has 0 radical (unpaired) electrons. The van der Waals surface area contributed by atoms with E-state index in [-0.39, 0.29) is 18.9 Å². The molecule has 1 fully saturated rings. The standard InChI is InChI=1S/C16H19N3O3/c17-9-12-8-14(16(21)22)19(10-12)15(20)13(18)7-6-11-4-2-1-3-5-11/h1-5,12-14H,6-8,10,18H2,(H,21,22)/t12-,13+,14-/m0/s1. The number of aliphatic carboxylic acids is 1. The summed E-state index contributed by atoms with van der Waals surface area (Å²) in [4.78, 5) is 24.8. The molecule has 0 aliphatic carbocycles. The number of rotatable bonds is 5. The smallest absolute Gasteiger partial charge is 0.326 e. The molecule has 1 saturated heterocycles. The van der Waals surface area contributed by atoms with Gasteiger partial charge in [-0.05, 0) is 24.8 Å². The molecule has 0 saturated carbocycles. The highest BCUT2D eigenvalue weighted by molar-refractivity contribution is 5.87. The summed E-state index contributed by atoms with van der Waals surface area (Å²) in [5.41, 5.74) is 7.01. The molecule has 0 unspecified atom stereocenters. The van der Waals surface area contributed by atoms with E-state index >= 15 is 0 Å². The van der Waals surface area contributed by atoms with E-state index in [1.54, 1.807) is 0 Å². The number of benzene rings is 1. The molecule has 0 spiro atoms. The van der Waals surface area contributed by atoms with E-state index < -0.39 is 24.0 Å². The number of carboxylic acids is 1. The van der Waals surface area contributed by atoms with E-state index in [0.29, 0.717) is 12.8 Å². The number of hydrogen-bond acceptors (Lipinski definition) is 4. The Balaban J connectivity index is 1.97. The maximum absolute atomic E-state index is 12.4. The molecule has 1 aromatic carbocycles. The summed E-state index contributed by atoms with van der Waals surface area (Å²) in [6.45, 7) is 0.144. The second-order valence-electron chi connectivity index (χ2n) is 5.54. The van der Waals surface area contributed by atoms with Gasteiger partial charge in [0.1, 0.15) is 6.04 Å². The van der Waals surface area contributed by atoms with Gasteiger partial charge in [-0.25, -0.2) is 4.79 Å². The normalized spacial score (nSPS) is 22.1. The quantitative estimate of drug-likeness (QED) is 0.835. The predicted octanol–water partition coefficient (Wildman–Crippen LogP) is 0.772. The Morgan fingerprint density at radius 2 is 2.09 bits per heavy atom. The van der Waals surface area contributed by atoms with Crippen molar-refractivity contribution in [2.75, 3.05) is 6.54 Å². The van der Waals surface area contributed by atoms with Crippen LogP contribution in [0.25, 0.3) is 0 Å². The lowest BCUT2D eigenvalue weighted by atomic mass is 10.0. The van der Waals surface area contributed by atoms with Crippen LogP contribution in [-0.4, -0.2) is 40.5 Å². The molecule has 3 N–H and O–H groups in total. The third-order valence-corrected chi connectivity index (χ3v) is 3.96. The zero-order valence-electron chi connectivity index (χ0n) is 12.2. The third kappa shape index (κ3) is 3.62. The van der Waals surface area contributed by atoms with Crippen LogP contribution in [-0.2, 0) is 16.0 Å². The average Bonchev–Trinajstić information content (AvgIpc) is 2.97. The highest BCUT2D eigenvalue weighted by Gasteiger charge is 2.40. The zero-order valence-corrected chi connectivity index (χ0v) is 12.2. The number of aryl methyl sites for hydroxylation is 1. The minimum absolute atomic E-state index is 0.144. The first-order chi connectivity index (χ1) is 10.5. The number of carbonyl (C=O) groups is 2. The highest BCUT2D eigenvalue weighted by atomic mass is 16.4. The predicted molar refractivity (Wildman–Crippen MR) is 79.6 cm³/mol. The van der Waals surface area contributed by atoms with Crippen LogP contribution in [0.4, 0.5) is 0 Å². The number of carbonyl (C=O) groups excluding carboxylic acids is 1. The van der Waals surface area contributed by atoms with Crippen molar-refractivity contribution in [1.82, 2.24) is 4.90 Å². The largest absolute Gasteiger partial charge is 0.480 e. The lowest BCUT2D eigenvalue weighted by Crippen LogP contribution is -2.48. The van der Waals surface area contributed by atoms with E-state index in [0.717, 1.165) is 5.56 Å². The second kappa shape index (κ2) is 7.05. The van der Waals surface area contributed by atoms with Crippen molar-refractivity contribution >= 4 is 11.9 Å². The Labute approximate surface area is 129 Å². The zero-order chi connectivity index (χ0) is 16.1. The van der Waals surface area contributed by atoms with E-state index in [9.17, 15) is 14.7 Å². The van der Waals surface area contributed by atoms with Crippen molar-refractivity contribution < 1.29 is 14.7 Å². The molecule has 1 aliphatic rings. The second-order valence-corrected chi connectivity index (χ2v) is 5.54. The average molecular weight is 301 g/mol. The molecule has 1 aromatic rings. The van der Waals surface area contributed by atoms with Gasteiger partial charge in [-0.2, -0.15) is 5.26 Å². The minimum Gasteiger partial charge on any atom is -0.480 e. The summed E-state index contributed by atoms with van der Waals surface area (Å²) in [6, 6.07) is 10.0. The van der Waals surface area contributed by atoms with Crippen molar-refractivity contribution in [2.45, 2.75) is 31.3 Å². The van der Waals surface area contributed by atoms with Crippen molar-refractivity contribution in [2.24, 2.45) is 11.7 Å². The molecule has 1 heterocycles. The van der Waals surface area contributed by atoms with Crippen molar-refractivity contribution in [3.8, 4) is 6.07 Å². The molecule has 0 bridgehead atoms. The number of carboxylic acid groups (broad SMARTS) is 1. The number of nitrogens with zero attached hydrogens (tertiary/aromatic N) is 2. The maximum Gasteiger partial charge on any atom is 0.326 e. The molecule has 0 aromatic heterocycles. The summed E-state index contributed by atoms with van der Waals surface area (Å²) < 4.78 is 0. The third-order valence-electron chi connectivity index (χ3n) is 3.96. The van der Waals surface area contributed by atoms with Gasteiger partial charge < -0.3 is 15.7 Å². The lowest BCUT2D eigenvalue weighted by Gasteiger charge is -2.24. The molecule has 6 nitrogen and oxygen atoms in total. The fourth-order valence-corrected chi connectivity index (χ4v) is 2.71. The first kappa shape index (κ1) is 16.0. The Hall–Kier alpha value is -2.39. The van der Waals surface area contributed by atoms with Crippen LogP contribution in [0.3, 0.4) is 0 Å². The molecule has 6 heteroatoms. The van der Waals surface area contributed by atoms with Gasteiger partial charge in [-0.1, -0.05) is 30.3 Å². The topological polar surface area (TPSA) is 107 Å². The van der Waals surface area contributed by atoms with Gasteiger partial charge in [0.15, 0.2) is 0 Å². The number of likely N-dealkylation sites (tertiary alicyclic amines) is 1. The summed E-state index contributed by atoms with van der Waals surface area (Å²) in [6.07, 6.45) is 1.27. The molecule has 2 rings (SSSR count). The van der Waals surface area contributed by atoms with Crippen LogP contribution in [0.5, 0.6) is 0 Å². The summed E-state index contributed by atoms with van der Waals surface area (Å²) >= 11 is 0. The minimum atomic E-state index is -1.08. The van der Waals surface area contributed by atoms with Gasteiger partial charge in [0.25, 0.3) is 0 Å². The van der Waals surface area contributed by atoms with Crippen LogP contribution < -0.4 is 5.73 Å². The van der Waals surface area contributed by atoms with E-state index in [1.807, 2.05) is 36.4 Å². The number of amides is 1. The fraction of sp³-hybridized carbons (Fsp3) is 0.438. The highest BCUT2D eigenvalue weighted by Crippen LogP contribution is 2.24. The van der Waals surface area contributed by atoms with Crippen LogP contribution in [0.1, 0.15) is 18.4 Å². The van der Waals surface area contributed by atoms with Crippen LogP contribution >= 0.6 is 0 Å². The van der Waals surface area contributed by atoms with Gasteiger partial charge in [0, 0.05) is 6.54 Å². The van der Waals surface area contributed by atoms with Crippen molar-refractivity contribution in [3.05, 3.63) is 35.9 Å². The van der Waals surface area contributed by atoms with Crippen LogP contribution in [0.15, 0.2) is 30.3 Å². The van der Waals surface area contributed by atoms with Crippen LogP contribution in [0, 0.1) is 17.2 Å². The first-order valence-electron chi connectivity index (χ1n) is 7.25. The first-order valence-corrected chi connectivity index (χ1v) is 7.25. The summed E-state index contributed by atoms with van der Waals surface area (Å²) in [5, 5.41) is 18.1. The van der Waals surface area contributed by atoms with Gasteiger partial charge in [0.2, 0.25) is 5.91 Å². The number of hydrogen-bond donors (Lipinski definition) is 2. The van der Waals surface area contributed by atoms with Gasteiger partial charge in [-0.15, -0.1) is 0 Å². The summed E-state index contributed by atoms with van der Waals surface area (Å²) in [5.74, 6) is -1.91. The molecule has 116 valence electrons. The SMILES string of the molecule is N#C[C@@H]1C[C@@H](C(=O)O)N(C(=O)[C@H](N)CCc2ccccc2)C1. The molecule has 1 aliphatic heterocycles. The van der Waals surface area contributed by atoms with Gasteiger partial charge in [0.05, 0.1) is 18.0 Å². The number of nitriles is 1. The van der Waals surface area contributed by atoms with Crippen LogP contribution in [0.2, 0.25) is 0 Å². The molecular formula is C16H19N3O3. The monoisotopic (exact) mass is 301 g/mol. The van der Waals surface area contributed by atoms with E-state index in [1.165, 1.54) is 4.90 Å². The van der Waals surface area contributed by atoms with E-state index in [2.05, 4.69) is 0 Å². The Morgan fingerprint density at radius 1 is 1.41 bits per heavy atom. The Kier molecular flexibility index (Phi) is 5.12. The Morgan fingerprint density at radius 3 is 2.68 bits per heavy atom. The van der Waals surface area contributed by atoms with E-state index in [4.69, 9.17) is 11.0 Å². The molecule has 22 heavy (non-hydrogen) atoms. The number of nitrogens with two attached hydrogens (primary N) is 1. The molecule has 1 amide bonds. The fourth-order valence-electron chi connectivity index (χ4n) is 2.71. The van der Waals surface area contributed by atoms with Crippen molar-refractivity contribution in [1.29, 1.82) is 5.26 Å². The van der Waals surface area contributed by atoms with Gasteiger partial charge >= 0.3 is 5.97 Å². The van der Waals surface area contributed by atoms with Gasteiger partial charge in [-0.3, -0.25) is 4.79 Å². The Bertz CT molecular complexity index is 582. The van der Waals surface area contributed by atoms with Crippen molar-refractivity contribution in [3.63, 3.8) is 0 Å². The molecule has 3 atom stereocenters. The molecular weight excluding hydrogens is 282 g/mol. The maximum atomic E-state index is 12.4. The lowest BCUT2D eigenvalue weighted by molar-refractivity contribution is -0.148. The summed E-state index contributed by atoms with van der Waals surface area (Å²) in [7, 11) is 0.